The Kier molecular flexibility index (Phi) is 6.90. The third-order valence-corrected chi connectivity index (χ3v) is 3.90. The Morgan fingerprint density at radius 1 is 0.714 bits per heavy atom. The van der Waals surface area contributed by atoms with Crippen molar-refractivity contribution in [3.63, 3.8) is 0 Å². The lowest BCUT2D eigenvalue weighted by Gasteiger charge is -2.09. The summed E-state index contributed by atoms with van der Waals surface area (Å²) in [6.45, 7) is 3.41. The van der Waals surface area contributed by atoms with Crippen LogP contribution >= 0.6 is 0 Å². The number of anilines is 1. The predicted octanol–water partition coefficient (Wildman–Crippen LogP) is 4.80. The summed E-state index contributed by atoms with van der Waals surface area (Å²) in [5.74, 6) is 2.10. The number of hydrogen-bond donors (Lipinski definition) is 1. The molecule has 5 heteroatoms. The molecule has 28 heavy (non-hydrogen) atoms. The maximum Gasteiger partial charge on any atom is 0.255 e. The molecule has 144 valence electrons. The molecule has 3 rings (SSSR count). The standard InChI is InChI=1S/C23H23NO4/c1-2-26-21-14-10-19(11-15-21)24-23(25)18-8-12-22(13-9-18)28-17-16-27-20-6-4-3-5-7-20/h3-15H,2,16-17H2,1H3,(H,24,25). The molecule has 3 aromatic rings. The van der Waals surface area contributed by atoms with Crippen molar-refractivity contribution in [2.24, 2.45) is 0 Å². The van der Waals surface area contributed by atoms with Gasteiger partial charge in [0.05, 0.1) is 6.61 Å². The van der Waals surface area contributed by atoms with Crippen molar-refractivity contribution in [1.82, 2.24) is 0 Å². The van der Waals surface area contributed by atoms with Crippen LogP contribution in [0, 0.1) is 0 Å². The Morgan fingerprint density at radius 2 is 1.25 bits per heavy atom. The normalized spacial score (nSPS) is 10.2. The fraction of sp³-hybridized carbons (Fsp3) is 0.174. The van der Waals surface area contributed by atoms with Crippen LogP contribution in [-0.2, 0) is 0 Å². The number of ether oxygens (including phenoxy) is 3. The summed E-state index contributed by atoms with van der Waals surface area (Å²) in [5, 5.41) is 2.86. The molecule has 0 atom stereocenters. The first-order chi connectivity index (χ1) is 13.7. The van der Waals surface area contributed by atoms with Gasteiger partial charge in [0, 0.05) is 11.3 Å². The van der Waals surface area contributed by atoms with Gasteiger partial charge in [-0.05, 0) is 67.6 Å². The van der Waals surface area contributed by atoms with E-state index in [4.69, 9.17) is 14.2 Å². The highest BCUT2D eigenvalue weighted by molar-refractivity contribution is 6.04. The fourth-order valence-corrected chi connectivity index (χ4v) is 2.54. The van der Waals surface area contributed by atoms with Crippen molar-refractivity contribution in [3.05, 3.63) is 84.4 Å². The second kappa shape index (κ2) is 10.0. The van der Waals surface area contributed by atoms with E-state index in [-0.39, 0.29) is 5.91 Å². The van der Waals surface area contributed by atoms with Crippen molar-refractivity contribution in [1.29, 1.82) is 0 Å². The average Bonchev–Trinajstić information content (AvgIpc) is 2.74. The number of rotatable bonds is 9. The van der Waals surface area contributed by atoms with Crippen LogP contribution in [0.2, 0.25) is 0 Å². The van der Waals surface area contributed by atoms with Crippen molar-refractivity contribution in [3.8, 4) is 17.2 Å². The summed E-state index contributed by atoms with van der Waals surface area (Å²) >= 11 is 0. The second-order valence-corrected chi connectivity index (χ2v) is 5.95. The molecular formula is C23H23NO4. The summed E-state index contributed by atoms with van der Waals surface area (Å²) in [6, 6.07) is 23.9. The van der Waals surface area contributed by atoms with Gasteiger partial charge in [0.1, 0.15) is 30.5 Å². The van der Waals surface area contributed by atoms with Crippen LogP contribution in [0.4, 0.5) is 5.69 Å². The largest absolute Gasteiger partial charge is 0.494 e. The molecule has 0 heterocycles. The zero-order valence-corrected chi connectivity index (χ0v) is 15.8. The van der Waals surface area contributed by atoms with E-state index in [0.29, 0.717) is 36.8 Å². The molecule has 0 saturated heterocycles. The minimum absolute atomic E-state index is 0.178. The highest BCUT2D eigenvalue weighted by atomic mass is 16.5. The average molecular weight is 377 g/mol. The molecule has 1 amide bonds. The maximum atomic E-state index is 12.4. The van der Waals surface area contributed by atoms with Crippen LogP contribution in [0.5, 0.6) is 17.2 Å². The van der Waals surface area contributed by atoms with Gasteiger partial charge in [0.25, 0.3) is 5.91 Å². The van der Waals surface area contributed by atoms with Crippen LogP contribution in [0.3, 0.4) is 0 Å². The lowest BCUT2D eigenvalue weighted by molar-refractivity contribution is 0.102. The van der Waals surface area contributed by atoms with Crippen molar-refractivity contribution in [2.75, 3.05) is 25.1 Å². The maximum absolute atomic E-state index is 12.4. The summed E-state index contributed by atoms with van der Waals surface area (Å²) < 4.78 is 16.6. The number of carbonyl (C=O) groups excluding carboxylic acids is 1. The van der Waals surface area contributed by atoms with Crippen LogP contribution in [0.25, 0.3) is 0 Å². The predicted molar refractivity (Wildman–Crippen MR) is 109 cm³/mol. The molecule has 1 N–H and O–H groups in total. The van der Waals surface area contributed by atoms with Gasteiger partial charge in [0.15, 0.2) is 0 Å². The van der Waals surface area contributed by atoms with Crippen LogP contribution < -0.4 is 19.5 Å². The van der Waals surface area contributed by atoms with Crippen molar-refractivity contribution in [2.45, 2.75) is 6.92 Å². The van der Waals surface area contributed by atoms with E-state index in [1.54, 1.807) is 24.3 Å². The zero-order valence-electron chi connectivity index (χ0n) is 15.8. The monoisotopic (exact) mass is 377 g/mol. The first-order valence-corrected chi connectivity index (χ1v) is 9.19. The number of para-hydroxylation sites is 1. The SMILES string of the molecule is CCOc1ccc(NC(=O)c2ccc(OCCOc3ccccc3)cc2)cc1. The molecule has 0 aliphatic heterocycles. The summed E-state index contributed by atoms with van der Waals surface area (Å²) in [4.78, 5) is 12.4. The van der Waals surface area contributed by atoms with Gasteiger partial charge in [-0.3, -0.25) is 4.79 Å². The first kappa shape index (κ1) is 19.3. The van der Waals surface area contributed by atoms with E-state index in [2.05, 4.69) is 5.32 Å². The van der Waals surface area contributed by atoms with E-state index in [9.17, 15) is 4.79 Å². The van der Waals surface area contributed by atoms with Crippen LogP contribution in [0.1, 0.15) is 17.3 Å². The Balaban J connectivity index is 1.45. The molecule has 0 aliphatic carbocycles. The molecule has 3 aromatic carbocycles. The van der Waals surface area contributed by atoms with Gasteiger partial charge < -0.3 is 19.5 Å². The van der Waals surface area contributed by atoms with Gasteiger partial charge >= 0.3 is 0 Å². The van der Waals surface area contributed by atoms with Gasteiger partial charge in [-0.15, -0.1) is 0 Å². The second-order valence-electron chi connectivity index (χ2n) is 5.95. The number of benzene rings is 3. The van der Waals surface area contributed by atoms with E-state index >= 15 is 0 Å². The van der Waals surface area contributed by atoms with E-state index in [0.717, 1.165) is 11.5 Å². The Bertz CT molecular complexity index is 861. The molecule has 5 nitrogen and oxygen atoms in total. The summed E-state index contributed by atoms with van der Waals surface area (Å²) in [7, 11) is 0. The van der Waals surface area contributed by atoms with Gasteiger partial charge in [-0.1, -0.05) is 18.2 Å². The van der Waals surface area contributed by atoms with Gasteiger partial charge in [-0.25, -0.2) is 0 Å². The van der Waals surface area contributed by atoms with E-state index in [1.165, 1.54) is 0 Å². The summed E-state index contributed by atoms with van der Waals surface area (Å²) in [5.41, 5.74) is 1.27. The third-order valence-electron chi connectivity index (χ3n) is 3.90. The molecule has 0 fully saturated rings. The fourth-order valence-electron chi connectivity index (χ4n) is 2.54. The van der Waals surface area contributed by atoms with Gasteiger partial charge in [0.2, 0.25) is 0 Å². The van der Waals surface area contributed by atoms with Crippen LogP contribution in [-0.4, -0.2) is 25.7 Å². The van der Waals surface area contributed by atoms with Crippen LogP contribution in [0.15, 0.2) is 78.9 Å². The number of carbonyl (C=O) groups is 1. The third kappa shape index (κ3) is 5.77. The molecule has 0 spiro atoms. The topological polar surface area (TPSA) is 56.8 Å². The first-order valence-electron chi connectivity index (χ1n) is 9.19. The number of amides is 1. The number of hydrogen-bond acceptors (Lipinski definition) is 4. The van der Waals surface area contributed by atoms with E-state index in [1.807, 2.05) is 61.5 Å². The Labute approximate surface area is 164 Å². The highest BCUT2D eigenvalue weighted by Crippen LogP contribution is 2.18. The molecule has 0 unspecified atom stereocenters. The summed E-state index contributed by atoms with van der Waals surface area (Å²) in [6.07, 6.45) is 0. The zero-order chi connectivity index (χ0) is 19.6. The molecule has 0 aliphatic rings. The smallest absolute Gasteiger partial charge is 0.255 e. The Morgan fingerprint density at radius 3 is 1.86 bits per heavy atom. The Hall–Kier alpha value is -3.47. The quantitative estimate of drug-likeness (QED) is 0.545. The van der Waals surface area contributed by atoms with Crippen molar-refractivity contribution >= 4 is 11.6 Å². The lowest BCUT2D eigenvalue weighted by atomic mass is 10.2. The van der Waals surface area contributed by atoms with E-state index < -0.39 is 0 Å². The molecule has 0 radical (unpaired) electrons. The van der Waals surface area contributed by atoms with Crippen molar-refractivity contribution < 1.29 is 19.0 Å². The molecular weight excluding hydrogens is 354 g/mol. The lowest BCUT2D eigenvalue weighted by Crippen LogP contribution is -2.12. The minimum Gasteiger partial charge on any atom is -0.494 e. The highest BCUT2D eigenvalue weighted by Gasteiger charge is 2.07. The van der Waals surface area contributed by atoms with Gasteiger partial charge in [-0.2, -0.15) is 0 Å². The molecule has 0 aromatic heterocycles. The molecule has 0 saturated carbocycles. The number of nitrogens with one attached hydrogen (secondary N) is 1. The molecule has 0 bridgehead atoms. The minimum atomic E-state index is -0.178.